The van der Waals surface area contributed by atoms with Gasteiger partial charge in [-0.15, -0.1) is 0 Å². The minimum atomic E-state index is 0.106. The zero-order chi connectivity index (χ0) is 18.6. The second-order valence-electron chi connectivity index (χ2n) is 7.78. The number of rotatable bonds is 6. The van der Waals surface area contributed by atoms with Gasteiger partial charge in [-0.25, -0.2) is 0 Å². The highest BCUT2D eigenvalue weighted by atomic mass is 16.3. The average Bonchev–Trinajstić information content (AvgIpc) is 3.34. The lowest BCUT2D eigenvalue weighted by Crippen LogP contribution is -2.27. The molecule has 0 radical (unpaired) electrons. The number of hydrogen-bond acceptors (Lipinski definition) is 2. The molecule has 0 bridgehead atoms. The van der Waals surface area contributed by atoms with E-state index in [1.807, 2.05) is 12.1 Å². The van der Waals surface area contributed by atoms with Crippen molar-refractivity contribution in [3.05, 3.63) is 60.2 Å². The Morgan fingerprint density at radius 1 is 1.19 bits per heavy atom. The summed E-state index contributed by atoms with van der Waals surface area (Å²) in [7, 11) is 2.10. The molecular weight excluding hydrogens is 336 g/mol. The standard InChI is InChI=1S/C23H28N2O2/c1-25-16-21(19-11-5-6-12-22(19)25)20(17-8-3-2-4-9-17)14-23(26)24-15-18-10-7-13-27-18/h5-7,10-13,16-17,20H,2-4,8-9,14-15H2,1H3,(H,24,26). The van der Waals surface area contributed by atoms with E-state index in [-0.39, 0.29) is 11.8 Å². The molecule has 2 aromatic heterocycles. The molecule has 1 fully saturated rings. The zero-order valence-corrected chi connectivity index (χ0v) is 16.0. The SMILES string of the molecule is Cn1cc(C(CC(=O)NCc2ccco2)C2CCCCC2)c2ccccc21. The van der Waals surface area contributed by atoms with Crippen molar-refractivity contribution in [2.24, 2.45) is 13.0 Å². The monoisotopic (exact) mass is 364 g/mol. The molecular formula is C23H28N2O2. The fraction of sp³-hybridized carbons (Fsp3) is 0.435. The predicted octanol–water partition coefficient (Wildman–Crippen LogP) is 5.14. The molecule has 3 aromatic rings. The van der Waals surface area contributed by atoms with Gasteiger partial charge in [-0.1, -0.05) is 37.5 Å². The van der Waals surface area contributed by atoms with Crippen LogP contribution < -0.4 is 5.32 Å². The summed E-state index contributed by atoms with van der Waals surface area (Å²) in [5.74, 6) is 1.75. The van der Waals surface area contributed by atoms with E-state index in [2.05, 4.69) is 47.4 Å². The highest BCUT2D eigenvalue weighted by Crippen LogP contribution is 2.41. The Morgan fingerprint density at radius 3 is 2.78 bits per heavy atom. The number of furan rings is 1. The van der Waals surface area contributed by atoms with Crippen LogP contribution in [-0.4, -0.2) is 10.5 Å². The molecule has 0 spiro atoms. The summed E-state index contributed by atoms with van der Waals surface area (Å²) in [6.45, 7) is 0.457. The van der Waals surface area contributed by atoms with E-state index in [0.29, 0.717) is 18.9 Å². The molecule has 2 heterocycles. The first-order valence-corrected chi connectivity index (χ1v) is 10.1. The molecule has 0 aliphatic heterocycles. The number of aromatic nitrogens is 1. The van der Waals surface area contributed by atoms with Crippen molar-refractivity contribution in [3.8, 4) is 0 Å². The third-order valence-electron chi connectivity index (χ3n) is 5.99. The molecule has 4 rings (SSSR count). The van der Waals surface area contributed by atoms with Crippen LogP contribution in [0.1, 0.15) is 55.8 Å². The summed E-state index contributed by atoms with van der Waals surface area (Å²) in [5, 5.41) is 4.33. The molecule has 1 atom stereocenters. The quantitative estimate of drug-likeness (QED) is 0.658. The van der Waals surface area contributed by atoms with Gasteiger partial charge < -0.3 is 14.3 Å². The van der Waals surface area contributed by atoms with E-state index >= 15 is 0 Å². The van der Waals surface area contributed by atoms with Crippen LogP contribution in [0, 0.1) is 5.92 Å². The molecule has 1 aromatic carbocycles. The van der Waals surface area contributed by atoms with Gasteiger partial charge in [0.15, 0.2) is 0 Å². The van der Waals surface area contributed by atoms with Crippen LogP contribution in [0.2, 0.25) is 0 Å². The lowest BCUT2D eigenvalue weighted by atomic mass is 9.75. The summed E-state index contributed by atoms with van der Waals surface area (Å²) in [5.41, 5.74) is 2.57. The highest BCUT2D eigenvalue weighted by molar-refractivity contribution is 5.86. The molecule has 1 saturated carbocycles. The van der Waals surface area contributed by atoms with Crippen LogP contribution in [0.15, 0.2) is 53.3 Å². The molecule has 0 saturated heterocycles. The van der Waals surface area contributed by atoms with Gasteiger partial charge in [-0.3, -0.25) is 4.79 Å². The Kier molecular flexibility index (Phi) is 5.33. The van der Waals surface area contributed by atoms with Gasteiger partial charge in [0.05, 0.1) is 12.8 Å². The smallest absolute Gasteiger partial charge is 0.220 e. The average molecular weight is 364 g/mol. The van der Waals surface area contributed by atoms with Gasteiger partial charge in [0.2, 0.25) is 5.91 Å². The van der Waals surface area contributed by atoms with Gasteiger partial charge in [0, 0.05) is 30.6 Å². The molecule has 4 heteroatoms. The maximum absolute atomic E-state index is 12.7. The minimum Gasteiger partial charge on any atom is -0.467 e. The second kappa shape index (κ2) is 8.03. The predicted molar refractivity (Wildman–Crippen MR) is 107 cm³/mol. The van der Waals surface area contributed by atoms with Crippen molar-refractivity contribution in [2.45, 2.75) is 51.0 Å². The number of para-hydroxylation sites is 1. The Bertz CT molecular complexity index is 888. The van der Waals surface area contributed by atoms with E-state index in [0.717, 1.165) is 5.76 Å². The van der Waals surface area contributed by atoms with Gasteiger partial charge in [0.1, 0.15) is 5.76 Å². The molecule has 4 nitrogen and oxygen atoms in total. The topological polar surface area (TPSA) is 47.2 Å². The van der Waals surface area contributed by atoms with Gasteiger partial charge in [-0.05, 0) is 48.4 Å². The van der Waals surface area contributed by atoms with Crippen molar-refractivity contribution in [1.29, 1.82) is 0 Å². The van der Waals surface area contributed by atoms with E-state index in [4.69, 9.17) is 4.42 Å². The molecule has 1 amide bonds. The molecule has 1 aliphatic rings. The van der Waals surface area contributed by atoms with Crippen molar-refractivity contribution in [2.75, 3.05) is 0 Å². The molecule has 1 aliphatic carbocycles. The molecule has 27 heavy (non-hydrogen) atoms. The van der Waals surface area contributed by atoms with Crippen molar-refractivity contribution in [3.63, 3.8) is 0 Å². The Balaban J connectivity index is 1.57. The van der Waals surface area contributed by atoms with Crippen molar-refractivity contribution >= 4 is 16.8 Å². The number of benzene rings is 1. The second-order valence-corrected chi connectivity index (χ2v) is 7.78. The third-order valence-corrected chi connectivity index (χ3v) is 5.99. The number of nitrogens with zero attached hydrogens (tertiary/aromatic N) is 1. The maximum Gasteiger partial charge on any atom is 0.220 e. The van der Waals surface area contributed by atoms with Crippen LogP contribution in [-0.2, 0) is 18.4 Å². The Morgan fingerprint density at radius 2 is 2.00 bits per heavy atom. The number of amides is 1. The normalized spacial score (nSPS) is 16.5. The molecule has 1 N–H and O–H groups in total. The van der Waals surface area contributed by atoms with Gasteiger partial charge >= 0.3 is 0 Å². The summed E-state index contributed by atoms with van der Waals surface area (Å²) in [4.78, 5) is 12.7. The van der Waals surface area contributed by atoms with E-state index < -0.39 is 0 Å². The van der Waals surface area contributed by atoms with Crippen LogP contribution in [0.5, 0.6) is 0 Å². The number of carbonyl (C=O) groups is 1. The fourth-order valence-corrected chi connectivity index (χ4v) is 4.61. The van der Waals surface area contributed by atoms with Crippen LogP contribution in [0.3, 0.4) is 0 Å². The molecule has 142 valence electrons. The van der Waals surface area contributed by atoms with Crippen LogP contribution in [0.25, 0.3) is 10.9 Å². The number of hydrogen-bond donors (Lipinski definition) is 1. The van der Waals surface area contributed by atoms with Gasteiger partial charge in [0.25, 0.3) is 0 Å². The first-order chi connectivity index (χ1) is 13.2. The van der Waals surface area contributed by atoms with Crippen LogP contribution >= 0.6 is 0 Å². The number of aryl methyl sites for hydroxylation is 1. The summed E-state index contributed by atoms with van der Waals surface area (Å²) >= 11 is 0. The Labute approximate surface area is 160 Å². The summed E-state index contributed by atoms with van der Waals surface area (Å²) in [6.07, 6.45) is 10.7. The largest absolute Gasteiger partial charge is 0.467 e. The van der Waals surface area contributed by atoms with Crippen LogP contribution in [0.4, 0.5) is 0 Å². The van der Waals surface area contributed by atoms with E-state index in [1.54, 1.807) is 6.26 Å². The lowest BCUT2D eigenvalue weighted by molar-refractivity contribution is -0.122. The van der Waals surface area contributed by atoms with E-state index in [1.165, 1.54) is 48.6 Å². The third kappa shape index (κ3) is 3.95. The summed E-state index contributed by atoms with van der Waals surface area (Å²) in [6, 6.07) is 12.3. The summed E-state index contributed by atoms with van der Waals surface area (Å²) < 4.78 is 7.53. The maximum atomic E-state index is 12.7. The molecule has 1 unspecified atom stereocenters. The number of nitrogens with one attached hydrogen (secondary N) is 1. The lowest BCUT2D eigenvalue weighted by Gasteiger charge is -2.30. The van der Waals surface area contributed by atoms with E-state index in [9.17, 15) is 4.79 Å². The number of fused-ring (bicyclic) bond motifs is 1. The zero-order valence-electron chi connectivity index (χ0n) is 16.0. The van der Waals surface area contributed by atoms with Crippen molar-refractivity contribution in [1.82, 2.24) is 9.88 Å². The number of carbonyl (C=O) groups excluding carboxylic acids is 1. The first kappa shape index (κ1) is 17.9. The fourth-order valence-electron chi connectivity index (χ4n) is 4.61. The first-order valence-electron chi connectivity index (χ1n) is 10.1. The van der Waals surface area contributed by atoms with Gasteiger partial charge in [-0.2, -0.15) is 0 Å². The minimum absolute atomic E-state index is 0.106. The highest BCUT2D eigenvalue weighted by Gasteiger charge is 2.29. The Hall–Kier alpha value is -2.49. The van der Waals surface area contributed by atoms with Crippen molar-refractivity contribution < 1.29 is 9.21 Å².